The number of amides is 2. The molecule has 1 aromatic heterocycles. The van der Waals surface area contributed by atoms with Crippen LogP contribution in [0.2, 0.25) is 0 Å². The van der Waals surface area contributed by atoms with Crippen molar-refractivity contribution >= 4 is 29.3 Å². The Labute approximate surface area is 139 Å². The van der Waals surface area contributed by atoms with Crippen LogP contribution in [0.25, 0.3) is 0 Å². The lowest BCUT2D eigenvalue weighted by molar-refractivity contribution is -0.131. The smallest absolute Gasteiger partial charge is 0.238 e. The largest absolute Gasteiger partial charge is 0.341 e. The Morgan fingerprint density at radius 2 is 2.00 bits per heavy atom. The summed E-state index contributed by atoms with van der Waals surface area (Å²) < 4.78 is 0. The highest BCUT2D eigenvalue weighted by Gasteiger charge is 2.29. The van der Waals surface area contributed by atoms with Gasteiger partial charge in [0.05, 0.1) is 10.9 Å². The summed E-state index contributed by atoms with van der Waals surface area (Å²) in [6, 6.07) is 11.4. The molecule has 0 spiro atoms. The summed E-state index contributed by atoms with van der Waals surface area (Å²) in [5.41, 5.74) is 1.83. The lowest BCUT2D eigenvalue weighted by atomic mass is 10.2. The number of aromatic nitrogens is 1. The highest BCUT2D eigenvalue weighted by atomic mass is 32.2. The number of pyridine rings is 1. The number of nitrogens with one attached hydrogen (secondary N) is 1. The third-order valence-corrected chi connectivity index (χ3v) is 4.94. The average molecular weight is 327 g/mol. The van der Waals surface area contributed by atoms with E-state index in [0.29, 0.717) is 6.54 Å². The molecule has 0 bridgehead atoms. The normalized spacial score (nSPS) is 16.4. The molecule has 0 aliphatic carbocycles. The first-order valence-electron chi connectivity index (χ1n) is 7.33. The third kappa shape index (κ3) is 3.71. The lowest BCUT2D eigenvalue weighted by Gasteiger charge is -2.25. The Bertz CT molecular complexity index is 721. The van der Waals surface area contributed by atoms with E-state index >= 15 is 0 Å². The van der Waals surface area contributed by atoms with Crippen molar-refractivity contribution in [3.8, 4) is 0 Å². The predicted octanol–water partition coefficient (Wildman–Crippen LogP) is 2.54. The summed E-state index contributed by atoms with van der Waals surface area (Å²) in [5, 5.41) is 2.47. The van der Waals surface area contributed by atoms with Crippen molar-refractivity contribution in [1.29, 1.82) is 0 Å². The van der Waals surface area contributed by atoms with E-state index in [1.54, 1.807) is 24.3 Å². The van der Waals surface area contributed by atoms with Crippen molar-refractivity contribution in [2.45, 2.75) is 23.1 Å². The first kappa shape index (κ1) is 15.6. The number of carbonyl (C=O) groups is 2. The number of benzene rings is 1. The maximum absolute atomic E-state index is 12.4. The van der Waals surface area contributed by atoms with E-state index in [1.807, 2.05) is 36.4 Å². The van der Waals surface area contributed by atoms with Gasteiger partial charge in [0.1, 0.15) is 0 Å². The number of hydrogen-bond acceptors (Lipinski definition) is 4. The van der Waals surface area contributed by atoms with E-state index in [9.17, 15) is 9.59 Å². The quantitative estimate of drug-likeness (QED) is 0.937. The van der Waals surface area contributed by atoms with Crippen molar-refractivity contribution in [2.24, 2.45) is 0 Å². The molecule has 1 N–H and O–H groups in total. The van der Waals surface area contributed by atoms with Crippen LogP contribution in [0.3, 0.4) is 0 Å². The molecule has 118 valence electrons. The molecule has 0 radical (unpaired) electrons. The zero-order valence-corrected chi connectivity index (χ0v) is 13.5. The van der Waals surface area contributed by atoms with Crippen molar-refractivity contribution in [1.82, 2.24) is 9.88 Å². The first-order chi connectivity index (χ1) is 11.1. The Hall–Kier alpha value is -2.34. The van der Waals surface area contributed by atoms with Crippen molar-refractivity contribution in [2.75, 3.05) is 12.4 Å². The summed E-state index contributed by atoms with van der Waals surface area (Å²) in [4.78, 5) is 31.2. The van der Waals surface area contributed by atoms with Crippen LogP contribution in [0.15, 0.2) is 53.7 Å². The van der Waals surface area contributed by atoms with E-state index in [1.165, 1.54) is 11.8 Å². The van der Waals surface area contributed by atoms with E-state index < -0.39 is 5.25 Å². The molecule has 2 amide bonds. The minimum atomic E-state index is -0.391. The molecular formula is C17H17N3O2S. The van der Waals surface area contributed by atoms with Gasteiger partial charge < -0.3 is 10.2 Å². The minimum Gasteiger partial charge on any atom is -0.341 e. The molecule has 5 nitrogen and oxygen atoms in total. The topological polar surface area (TPSA) is 62.3 Å². The average Bonchev–Trinajstić information content (AvgIpc) is 2.56. The Balaban J connectivity index is 1.63. The summed E-state index contributed by atoms with van der Waals surface area (Å²) in [7, 11) is 1.75. The number of rotatable bonds is 4. The second kappa shape index (κ2) is 6.83. The second-order valence-corrected chi connectivity index (χ2v) is 6.65. The van der Waals surface area contributed by atoms with Gasteiger partial charge in [-0.15, -0.1) is 11.8 Å². The van der Waals surface area contributed by atoms with Gasteiger partial charge in [-0.1, -0.05) is 12.1 Å². The molecule has 3 rings (SSSR count). The molecule has 6 heteroatoms. The summed E-state index contributed by atoms with van der Waals surface area (Å²) in [6.07, 6.45) is 3.59. The SMILES string of the molecule is CN(Cc1ccncc1)C(=O)CC1Sc2ccccc2NC1=O. The zero-order chi connectivity index (χ0) is 16.2. The molecule has 2 heterocycles. The van der Waals surface area contributed by atoms with Gasteiger partial charge in [-0.3, -0.25) is 14.6 Å². The van der Waals surface area contributed by atoms with E-state index in [4.69, 9.17) is 0 Å². The molecule has 1 aromatic carbocycles. The minimum absolute atomic E-state index is 0.0474. The molecule has 1 atom stereocenters. The highest BCUT2D eigenvalue weighted by molar-refractivity contribution is 8.01. The number of para-hydroxylation sites is 1. The van der Waals surface area contributed by atoms with Crippen LogP contribution in [0.1, 0.15) is 12.0 Å². The van der Waals surface area contributed by atoms with Gasteiger partial charge >= 0.3 is 0 Å². The van der Waals surface area contributed by atoms with Gasteiger partial charge in [0, 0.05) is 37.3 Å². The van der Waals surface area contributed by atoms with Gasteiger partial charge in [-0.05, 0) is 29.8 Å². The van der Waals surface area contributed by atoms with Crippen molar-refractivity contribution in [3.05, 3.63) is 54.4 Å². The molecule has 23 heavy (non-hydrogen) atoms. The molecular weight excluding hydrogens is 310 g/mol. The standard InChI is InChI=1S/C17H17N3O2S/c1-20(11-12-6-8-18-9-7-12)16(21)10-15-17(22)19-13-4-2-3-5-14(13)23-15/h2-9,15H,10-11H2,1H3,(H,19,22). The van der Waals surface area contributed by atoms with Crippen LogP contribution in [0, 0.1) is 0 Å². The van der Waals surface area contributed by atoms with Crippen LogP contribution in [-0.4, -0.2) is 34.0 Å². The Morgan fingerprint density at radius 3 is 2.78 bits per heavy atom. The second-order valence-electron chi connectivity index (χ2n) is 5.40. The molecule has 1 aliphatic rings. The van der Waals surface area contributed by atoms with Crippen LogP contribution in [0.5, 0.6) is 0 Å². The van der Waals surface area contributed by atoms with Crippen LogP contribution in [-0.2, 0) is 16.1 Å². The zero-order valence-electron chi connectivity index (χ0n) is 12.7. The molecule has 0 fully saturated rings. The molecule has 0 saturated heterocycles. The fourth-order valence-corrected chi connectivity index (χ4v) is 3.49. The number of fused-ring (bicyclic) bond motifs is 1. The Morgan fingerprint density at radius 1 is 1.26 bits per heavy atom. The molecule has 0 saturated carbocycles. The van der Waals surface area contributed by atoms with E-state index in [0.717, 1.165) is 16.1 Å². The van der Waals surface area contributed by atoms with Gasteiger partial charge in [0.2, 0.25) is 11.8 Å². The lowest BCUT2D eigenvalue weighted by Crippen LogP contribution is -2.35. The summed E-state index contributed by atoms with van der Waals surface area (Å²) in [6.45, 7) is 0.511. The predicted molar refractivity (Wildman–Crippen MR) is 90.0 cm³/mol. The van der Waals surface area contributed by atoms with E-state index in [2.05, 4.69) is 10.3 Å². The summed E-state index contributed by atoms with van der Waals surface area (Å²) >= 11 is 1.45. The molecule has 1 aliphatic heterocycles. The number of hydrogen-bond donors (Lipinski definition) is 1. The van der Waals surface area contributed by atoms with Crippen LogP contribution < -0.4 is 5.32 Å². The van der Waals surface area contributed by atoms with Gasteiger partial charge in [0.15, 0.2) is 0 Å². The first-order valence-corrected chi connectivity index (χ1v) is 8.21. The van der Waals surface area contributed by atoms with Gasteiger partial charge in [0.25, 0.3) is 0 Å². The Kier molecular flexibility index (Phi) is 4.62. The number of anilines is 1. The maximum Gasteiger partial charge on any atom is 0.238 e. The maximum atomic E-state index is 12.4. The monoisotopic (exact) mass is 327 g/mol. The van der Waals surface area contributed by atoms with Crippen molar-refractivity contribution in [3.63, 3.8) is 0 Å². The highest BCUT2D eigenvalue weighted by Crippen LogP contribution is 2.36. The fraction of sp³-hybridized carbons (Fsp3) is 0.235. The van der Waals surface area contributed by atoms with Gasteiger partial charge in [-0.25, -0.2) is 0 Å². The van der Waals surface area contributed by atoms with Crippen LogP contribution in [0.4, 0.5) is 5.69 Å². The number of thioether (sulfide) groups is 1. The van der Waals surface area contributed by atoms with Crippen LogP contribution >= 0.6 is 11.8 Å². The number of nitrogens with zero attached hydrogens (tertiary/aromatic N) is 2. The molecule has 2 aromatic rings. The summed E-state index contributed by atoms with van der Waals surface area (Å²) in [5.74, 6) is -0.159. The van der Waals surface area contributed by atoms with Gasteiger partial charge in [-0.2, -0.15) is 0 Å². The number of carbonyl (C=O) groups excluding carboxylic acids is 2. The fourth-order valence-electron chi connectivity index (χ4n) is 2.39. The van der Waals surface area contributed by atoms with E-state index in [-0.39, 0.29) is 18.2 Å². The molecule has 1 unspecified atom stereocenters. The van der Waals surface area contributed by atoms with Crippen molar-refractivity contribution < 1.29 is 9.59 Å². The third-order valence-electron chi connectivity index (χ3n) is 3.66.